The van der Waals surface area contributed by atoms with Crippen LogP contribution in [0.5, 0.6) is 0 Å². The molecule has 0 radical (unpaired) electrons. The first-order valence-corrected chi connectivity index (χ1v) is 13.9. The molecule has 0 atom stereocenters. The highest BCUT2D eigenvalue weighted by molar-refractivity contribution is 6.30. The van der Waals surface area contributed by atoms with Gasteiger partial charge in [0.2, 0.25) is 11.9 Å². The number of hydrogen-bond acceptors (Lipinski definition) is 5. The molecule has 0 heterocycles. The van der Waals surface area contributed by atoms with Crippen molar-refractivity contribution >= 4 is 47.8 Å². The normalized spacial score (nSPS) is 14.9. The lowest BCUT2D eigenvalue weighted by atomic mass is 9.93. The summed E-state index contributed by atoms with van der Waals surface area (Å²) in [5.41, 5.74) is 0.00812. The maximum Gasteiger partial charge on any atom is 0.422 e. The van der Waals surface area contributed by atoms with Crippen LogP contribution in [0.3, 0.4) is 0 Å². The Bertz CT molecular complexity index is 1410. The lowest BCUT2D eigenvalue weighted by Crippen LogP contribution is -2.41. The highest BCUT2D eigenvalue weighted by Crippen LogP contribution is 2.45. The zero-order valence-corrected chi connectivity index (χ0v) is 25.2. The number of carbonyl (C=O) groups is 2. The van der Waals surface area contributed by atoms with Gasteiger partial charge in [-0.25, -0.2) is 14.4 Å². The molecule has 0 unspecified atom stereocenters. The molecule has 15 heteroatoms. The molecular weight excluding hydrogens is 606 g/mol. The molecule has 1 aliphatic carbocycles. The molecule has 0 aromatic heterocycles. The fourth-order valence-corrected chi connectivity index (χ4v) is 4.05. The number of alkyl halides is 3. The van der Waals surface area contributed by atoms with E-state index < -0.39 is 35.9 Å². The van der Waals surface area contributed by atoms with Crippen molar-refractivity contribution in [2.75, 3.05) is 31.7 Å². The van der Waals surface area contributed by atoms with Crippen LogP contribution in [-0.2, 0) is 15.1 Å². The number of guanidine groups is 1. The van der Waals surface area contributed by atoms with E-state index in [2.05, 4.69) is 47.7 Å². The summed E-state index contributed by atoms with van der Waals surface area (Å²) in [7, 11) is 0. The number of anilines is 1. The number of hydrogen-bond donors (Lipinski definition) is 4. The number of rotatable bonds is 11. The first-order chi connectivity index (χ1) is 20.6. The van der Waals surface area contributed by atoms with Crippen LogP contribution in [0, 0.1) is 11.2 Å². The standard InChI is InChI=1S/C29H34ClF4N7O3/c1-18(42)36-14-27(2,3)15-37-24(43)22-10-9-21(13-23(22)31)40-25(41-26(35-4)44-16-29(32,33)34)38-17-39-28(11-12-28)19-5-7-20(30)8-6-19/h5-10,13,39H,4,11-12,14-17H2,1-3H3,(H,36,42)(H,37,43)(H,38,40)/b41-26+. The van der Waals surface area contributed by atoms with E-state index in [0.717, 1.165) is 24.5 Å². The predicted molar refractivity (Wildman–Crippen MR) is 162 cm³/mol. The molecule has 1 saturated carbocycles. The van der Waals surface area contributed by atoms with E-state index in [1.807, 2.05) is 26.0 Å². The molecule has 0 saturated heterocycles. The molecule has 4 N–H and O–H groups in total. The van der Waals surface area contributed by atoms with Crippen LogP contribution >= 0.6 is 11.6 Å². The van der Waals surface area contributed by atoms with Crippen molar-refractivity contribution in [1.82, 2.24) is 16.0 Å². The Kier molecular flexibility index (Phi) is 11.4. The molecule has 2 aromatic carbocycles. The predicted octanol–water partition coefficient (Wildman–Crippen LogP) is 5.01. The van der Waals surface area contributed by atoms with E-state index in [9.17, 15) is 22.8 Å². The number of aliphatic imine (C=N–C) groups is 3. The van der Waals surface area contributed by atoms with Crippen molar-refractivity contribution in [1.29, 1.82) is 0 Å². The van der Waals surface area contributed by atoms with Gasteiger partial charge in [-0.15, -0.1) is 0 Å². The quantitative estimate of drug-likeness (QED) is 0.156. The van der Waals surface area contributed by atoms with Gasteiger partial charge in [-0.2, -0.15) is 18.2 Å². The highest BCUT2D eigenvalue weighted by Gasteiger charge is 2.43. The summed E-state index contributed by atoms with van der Waals surface area (Å²) in [6.45, 7) is 7.02. The van der Waals surface area contributed by atoms with Crippen molar-refractivity contribution in [3.8, 4) is 0 Å². The van der Waals surface area contributed by atoms with Gasteiger partial charge in [0.05, 0.1) is 12.2 Å². The summed E-state index contributed by atoms with van der Waals surface area (Å²) >= 11 is 5.99. The van der Waals surface area contributed by atoms with E-state index in [1.165, 1.54) is 19.1 Å². The largest absolute Gasteiger partial charge is 0.454 e. The van der Waals surface area contributed by atoms with Gasteiger partial charge in [-0.1, -0.05) is 37.6 Å². The second-order valence-corrected chi connectivity index (χ2v) is 11.4. The lowest BCUT2D eigenvalue weighted by molar-refractivity contribution is -0.156. The molecule has 2 amide bonds. The van der Waals surface area contributed by atoms with Gasteiger partial charge in [0.15, 0.2) is 6.61 Å². The third-order valence-corrected chi connectivity index (χ3v) is 6.76. The third-order valence-electron chi connectivity index (χ3n) is 6.51. The number of amides is 2. The molecular formula is C29H34ClF4N7O3. The number of halogens is 5. The van der Waals surface area contributed by atoms with Crippen LogP contribution in [0.15, 0.2) is 57.4 Å². The topological polar surface area (TPSA) is 129 Å². The molecule has 2 aromatic rings. The summed E-state index contributed by atoms with van der Waals surface area (Å²) in [4.78, 5) is 35.4. The SMILES string of the molecule is C=N/C(=N\C(=N/CNC1(c2ccc(Cl)cc2)CC1)Nc1ccc(C(=O)NCC(C)(C)CNC(C)=O)c(F)c1)OCC(F)(F)F. The Morgan fingerprint density at radius 1 is 1.07 bits per heavy atom. The summed E-state index contributed by atoms with van der Waals surface area (Å²) in [6.07, 6.45) is -3.00. The van der Waals surface area contributed by atoms with Gasteiger partial charge in [-0.3, -0.25) is 14.9 Å². The van der Waals surface area contributed by atoms with Crippen molar-refractivity contribution in [3.63, 3.8) is 0 Å². The highest BCUT2D eigenvalue weighted by atomic mass is 35.5. The van der Waals surface area contributed by atoms with E-state index in [1.54, 1.807) is 12.1 Å². The molecule has 0 bridgehead atoms. The fourth-order valence-electron chi connectivity index (χ4n) is 3.93. The first-order valence-electron chi connectivity index (χ1n) is 13.5. The molecule has 0 aliphatic heterocycles. The minimum Gasteiger partial charge on any atom is -0.454 e. The molecule has 10 nitrogen and oxygen atoms in total. The summed E-state index contributed by atoms with van der Waals surface area (Å²) in [5, 5.41) is 11.9. The number of nitrogens with zero attached hydrogens (tertiary/aromatic N) is 3. The van der Waals surface area contributed by atoms with Gasteiger partial charge in [0, 0.05) is 36.3 Å². The lowest BCUT2D eigenvalue weighted by Gasteiger charge is -2.25. The molecule has 1 aliphatic rings. The second-order valence-electron chi connectivity index (χ2n) is 10.9. The number of ether oxygens (including phenoxy) is 1. The van der Waals surface area contributed by atoms with Gasteiger partial charge in [-0.05, 0) is 60.9 Å². The number of nitrogens with one attached hydrogen (secondary N) is 4. The molecule has 44 heavy (non-hydrogen) atoms. The second kappa shape index (κ2) is 14.6. The van der Waals surface area contributed by atoms with Gasteiger partial charge < -0.3 is 20.7 Å². The average Bonchev–Trinajstić information content (AvgIpc) is 3.73. The molecule has 3 rings (SSSR count). The number of amidine groups is 1. The summed E-state index contributed by atoms with van der Waals surface area (Å²) in [5.74, 6) is -2.00. The monoisotopic (exact) mass is 639 g/mol. The summed E-state index contributed by atoms with van der Waals surface area (Å²) in [6, 6.07) is 10.2. The van der Waals surface area contributed by atoms with Gasteiger partial charge in [0.1, 0.15) is 5.82 Å². The zero-order valence-electron chi connectivity index (χ0n) is 24.4. The molecule has 238 valence electrons. The van der Waals surface area contributed by atoms with Crippen LogP contribution in [0.1, 0.15) is 49.5 Å². The van der Waals surface area contributed by atoms with Crippen LogP contribution in [0.2, 0.25) is 5.02 Å². The average molecular weight is 640 g/mol. The Morgan fingerprint density at radius 2 is 1.73 bits per heavy atom. The smallest absolute Gasteiger partial charge is 0.422 e. The number of benzene rings is 2. The zero-order chi connectivity index (χ0) is 32.5. The molecule has 0 spiro atoms. The third kappa shape index (κ3) is 10.9. The fraction of sp³-hybridized carbons (Fsp3) is 0.414. The van der Waals surface area contributed by atoms with Crippen LogP contribution < -0.4 is 21.3 Å². The Labute approximate surface area is 257 Å². The maximum atomic E-state index is 15.0. The van der Waals surface area contributed by atoms with Crippen LogP contribution in [0.4, 0.5) is 23.2 Å². The summed E-state index contributed by atoms with van der Waals surface area (Å²) < 4.78 is 57.7. The Hall–Kier alpha value is -4.04. The van der Waals surface area contributed by atoms with E-state index in [-0.39, 0.29) is 41.9 Å². The van der Waals surface area contributed by atoms with E-state index in [0.29, 0.717) is 11.6 Å². The van der Waals surface area contributed by atoms with Crippen LogP contribution in [0.25, 0.3) is 0 Å². The van der Waals surface area contributed by atoms with Gasteiger partial charge >= 0.3 is 12.2 Å². The van der Waals surface area contributed by atoms with Crippen molar-refractivity contribution in [2.24, 2.45) is 20.4 Å². The minimum absolute atomic E-state index is 0.0185. The van der Waals surface area contributed by atoms with E-state index in [4.69, 9.17) is 11.6 Å². The maximum absolute atomic E-state index is 15.0. The number of carbonyl (C=O) groups excluding carboxylic acids is 2. The molecule has 1 fully saturated rings. The van der Waals surface area contributed by atoms with Crippen molar-refractivity contribution in [2.45, 2.75) is 45.3 Å². The first kappa shape index (κ1) is 34.5. The van der Waals surface area contributed by atoms with Crippen LogP contribution in [-0.4, -0.2) is 63.1 Å². The van der Waals surface area contributed by atoms with Crippen molar-refractivity contribution in [3.05, 3.63) is 64.4 Å². The Morgan fingerprint density at radius 3 is 2.30 bits per heavy atom. The Balaban J connectivity index is 1.75. The van der Waals surface area contributed by atoms with E-state index >= 15 is 4.39 Å². The van der Waals surface area contributed by atoms with Crippen molar-refractivity contribution < 1.29 is 31.9 Å². The minimum atomic E-state index is -4.65. The van der Waals surface area contributed by atoms with Gasteiger partial charge in [0.25, 0.3) is 5.91 Å².